The Labute approximate surface area is 174 Å². The molecule has 0 saturated carbocycles. The van der Waals surface area contributed by atoms with Gasteiger partial charge in [-0.2, -0.15) is 0 Å². The van der Waals surface area contributed by atoms with E-state index in [4.69, 9.17) is 4.42 Å². The van der Waals surface area contributed by atoms with Crippen LogP contribution in [0.15, 0.2) is 44.9 Å². The van der Waals surface area contributed by atoms with Crippen molar-refractivity contribution in [3.63, 3.8) is 0 Å². The van der Waals surface area contributed by atoms with E-state index in [1.54, 1.807) is 17.4 Å². The second-order valence-electron chi connectivity index (χ2n) is 7.77. The van der Waals surface area contributed by atoms with Crippen molar-refractivity contribution >= 4 is 28.2 Å². The van der Waals surface area contributed by atoms with E-state index in [-0.39, 0.29) is 23.1 Å². The van der Waals surface area contributed by atoms with E-state index in [0.717, 1.165) is 24.2 Å². The minimum atomic E-state index is -0.345. The molecular formula is C23H26N2O3S. The maximum absolute atomic E-state index is 12.8. The number of carbonyl (C=O) groups excluding carboxylic acids is 1. The average Bonchev–Trinajstić information content (AvgIpc) is 3.24. The lowest BCUT2D eigenvalue weighted by atomic mass is 10.1. The van der Waals surface area contributed by atoms with Crippen LogP contribution in [0.2, 0.25) is 0 Å². The van der Waals surface area contributed by atoms with Gasteiger partial charge in [0.25, 0.3) is 5.91 Å². The molecular weight excluding hydrogens is 384 g/mol. The molecule has 1 aliphatic heterocycles. The number of hydrogen-bond acceptors (Lipinski definition) is 5. The number of fused-ring (bicyclic) bond motifs is 1. The molecule has 1 atom stereocenters. The molecule has 152 valence electrons. The van der Waals surface area contributed by atoms with Gasteiger partial charge in [-0.15, -0.1) is 11.3 Å². The predicted molar refractivity (Wildman–Crippen MR) is 117 cm³/mol. The van der Waals surface area contributed by atoms with Crippen molar-refractivity contribution in [3.05, 3.63) is 67.7 Å². The Morgan fingerprint density at radius 2 is 2.00 bits per heavy atom. The predicted octanol–water partition coefficient (Wildman–Crippen LogP) is 4.43. The molecule has 0 bridgehead atoms. The van der Waals surface area contributed by atoms with Gasteiger partial charge < -0.3 is 9.73 Å². The maximum atomic E-state index is 12.8. The van der Waals surface area contributed by atoms with Crippen molar-refractivity contribution in [1.29, 1.82) is 0 Å². The van der Waals surface area contributed by atoms with Gasteiger partial charge >= 0.3 is 0 Å². The number of carbonyl (C=O) groups is 1. The Hall–Kier alpha value is -2.44. The van der Waals surface area contributed by atoms with Crippen molar-refractivity contribution in [2.45, 2.75) is 39.2 Å². The van der Waals surface area contributed by atoms with Crippen LogP contribution in [-0.2, 0) is 0 Å². The quantitative estimate of drug-likeness (QED) is 0.676. The summed E-state index contributed by atoms with van der Waals surface area (Å²) in [6.07, 6.45) is 3.64. The van der Waals surface area contributed by atoms with Crippen LogP contribution in [0.4, 0.5) is 0 Å². The normalized spacial score (nSPS) is 16.1. The van der Waals surface area contributed by atoms with Gasteiger partial charge in [0.15, 0.2) is 11.2 Å². The molecule has 1 aromatic carbocycles. The van der Waals surface area contributed by atoms with Crippen LogP contribution in [0.3, 0.4) is 0 Å². The molecule has 3 heterocycles. The highest BCUT2D eigenvalue weighted by Gasteiger charge is 2.24. The molecule has 1 N–H and O–H groups in total. The first-order chi connectivity index (χ1) is 14.0. The Bertz CT molecular complexity index is 1070. The summed E-state index contributed by atoms with van der Waals surface area (Å²) in [7, 11) is 0. The molecule has 1 amide bonds. The van der Waals surface area contributed by atoms with Crippen LogP contribution < -0.4 is 10.7 Å². The monoisotopic (exact) mass is 410 g/mol. The van der Waals surface area contributed by atoms with Gasteiger partial charge in [-0.3, -0.25) is 14.5 Å². The molecule has 1 saturated heterocycles. The van der Waals surface area contributed by atoms with Crippen LogP contribution in [0.1, 0.15) is 51.9 Å². The van der Waals surface area contributed by atoms with Crippen molar-refractivity contribution in [2.24, 2.45) is 0 Å². The smallest absolute Gasteiger partial charge is 0.287 e. The zero-order valence-electron chi connectivity index (χ0n) is 16.9. The van der Waals surface area contributed by atoms with Crippen LogP contribution in [0.5, 0.6) is 0 Å². The maximum Gasteiger partial charge on any atom is 0.287 e. The number of nitrogens with zero attached hydrogens (tertiary/aromatic N) is 1. The van der Waals surface area contributed by atoms with Gasteiger partial charge in [0.2, 0.25) is 0 Å². The Morgan fingerprint density at radius 1 is 1.21 bits per heavy atom. The van der Waals surface area contributed by atoms with E-state index in [9.17, 15) is 9.59 Å². The third-order valence-corrected chi connectivity index (χ3v) is 6.51. The molecule has 3 aromatic rings. The Morgan fingerprint density at radius 3 is 2.72 bits per heavy atom. The number of thiophene rings is 1. The van der Waals surface area contributed by atoms with E-state index in [1.807, 2.05) is 26.0 Å². The fourth-order valence-electron chi connectivity index (χ4n) is 4.12. The molecule has 1 unspecified atom stereocenters. The zero-order chi connectivity index (χ0) is 20.4. The molecule has 29 heavy (non-hydrogen) atoms. The summed E-state index contributed by atoms with van der Waals surface area (Å²) in [5.41, 5.74) is 2.16. The SMILES string of the molecule is Cc1cc(C)c2oc(C(=O)NCC(c3cccs3)N3CCCCC3)cc(=O)c2c1. The summed E-state index contributed by atoms with van der Waals surface area (Å²) >= 11 is 1.71. The highest BCUT2D eigenvalue weighted by atomic mass is 32.1. The van der Waals surface area contributed by atoms with Gasteiger partial charge in [0.1, 0.15) is 5.58 Å². The second kappa shape index (κ2) is 8.51. The standard InChI is InChI=1S/C23H26N2O3S/c1-15-11-16(2)22-17(12-15)19(26)13-20(28-22)23(27)24-14-18(21-7-6-10-29-21)25-8-4-3-5-9-25/h6-7,10-13,18H,3-5,8-9,14H2,1-2H3,(H,24,27). The number of amides is 1. The molecule has 6 heteroatoms. The van der Waals surface area contributed by atoms with Crippen LogP contribution in [0.25, 0.3) is 11.0 Å². The molecule has 5 nitrogen and oxygen atoms in total. The minimum Gasteiger partial charge on any atom is -0.450 e. The topological polar surface area (TPSA) is 62.6 Å². The van der Waals surface area contributed by atoms with Gasteiger partial charge in [0.05, 0.1) is 11.4 Å². The molecule has 2 aromatic heterocycles. The van der Waals surface area contributed by atoms with Gasteiger partial charge in [0, 0.05) is 17.5 Å². The Kier molecular flexibility index (Phi) is 5.83. The van der Waals surface area contributed by atoms with Crippen LogP contribution >= 0.6 is 11.3 Å². The lowest BCUT2D eigenvalue weighted by molar-refractivity contribution is 0.0899. The third-order valence-electron chi connectivity index (χ3n) is 5.54. The fraction of sp³-hybridized carbons (Fsp3) is 0.391. The van der Waals surface area contributed by atoms with Crippen LogP contribution in [0, 0.1) is 13.8 Å². The van der Waals surface area contributed by atoms with E-state index >= 15 is 0 Å². The summed E-state index contributed by atoms with van der Waals surface area (Å²) in [4.78, 5) is 29.0. The first-order valence-corrected chi connectivity index (χ1v) is 11.0. The summed E-state index contributed by atoms with van der Waals surface area (Å²) in [6.45, 7) is 6.42. The summed E-state index contributed by atoms with van der Waals surface area (Å²) in [6, 6.07) is 9.38. The number of benzene rings is 1. The summed E-state index contributed by atoms with van der Waals surface area (Å²) < 4.78 is 5.84. The lowest BCUT2D eigenvalue weighted by Crippen LogP contribution is -2.40. The Balaban J connectivity index is 1.56. The molecule has 1 fully saturated rings. The number of rotatable bonds is 5. The van der Waals surface area contributed by atoms with E-state index in [1.165, 1.54) is 30.2 Å². The van der Waals surface area contributed by atoms with E-state index in [2.05, 4.69) is 21.7 Å². The first kappa shape index (κ1) is 19.9. The molecule has 4 rings (SSSR count). The van der Waals surface area contributed by atoms with Crippen molar-refractivity contribution in [1.82, 2.24) is 10.2 Å². The average molecular weight is 411 g/mol. The van der Waals surface area contributed by atoms with Crippen LogP contribution in [-0.4, -0.2) is 30.4 Å². The lowest BCUT2D eigenvalue weighted by Gasteiger charge is -2.34. The number of aryl methyl sites for hydroxylation is 2. The molecule has 0 radical (unpaired) electrons. The number of piperidine rings is 1. The third kappa shape index (κ3) is 4.28. The largest absolute Gasteiger partial charge is 0.450 e. The number of likely N-dealkylation sites (tertiary alicyclic amines) is 1. The van der Waals surface area contributed by atoms with Gasteiger partial charge in [-0.1, -0.05) is 18.6 Å². The highest BCUT2D eigenvalue weighted by Crippen LogP contribution is 2.27. The molecule has 0 spiro atoms. The zero-order valence-corrected chi connectivity index (χ0v) is 17.7. The van der Waals surface area contributed by atoms with Crippen molar-refractivity contribution < 1.29 is 9.21 Å². The summed E-state index contributed by atoms with van der Waals surface area (Å²) in [5, 5.41) is 5.59. The van der Waals surface area contributed by atoms with E-state index < -0.39 is 0 Å². The molecule has 0 aliphatic carbocycles. The van der Waals surface area contributed by atoms with Crippen molar-refractivity contribution in [3.8, 4) is 0 Å². The summed E-state index contributed by atoms with van der Waals surface area (Å²) in [5.74, 6) is -0.277. The minimum absolute atomic E-state index is 0.0676. The number of nitrogens with one attached hydrogen (secondary N) is 1. The second-order valence-corrected chi connectivity index (χ2v) is 8.75. The van der Waals surface area contributed by atoms with Crippen molar-refractivity contribution in [2.75, 3.05) is 19.6 Å². The number of hydrogen-bond donors (Lipinski definition) is 1. The first-order valence-electron chi connectivity index (χ1n) is 10.1. The van der Waals surface area contributed by atoms with Gasteiger partial charge in [-0.25, -0.2) is 0 Å². The van der Waals surface area contributed by atoms with Gasteiger partial charge in [-0.05, 0) is 68.4 Å². The van der Waals surface area contributed by atoms with E-state index in [0.29, 0.717) is 17.5 Å². The molecule has 1 aliphatic rings. The fourth-order valence-corrected chi connectivity index (χ4v) is 4.98. The highest BCUT2D eigenvalue weighted by molar-refractivity contribution is 7.10.